The van der Waals surface area contributed by atoms with Crippen molar-refractivity contribution in [2.75, 3.05) is 11.9 Å². The van der Waals surface area contributed by atoms with Gasteiger partial charge in [-0.15, -0.1) is 0 Å². The second-order valence-corrected chi connectivity index (χ2v) is 10.6. The van der Waals surface area contributed by atoms with E-state index in [2.05, 4.69) is 42.0 Å². The van der Waals surface area contributed by atoms with Crippen LogP contribution in [0, 0.1) is 6.92 Å². The maximum absolute atomic E-state index is 13.3. The fourth-order valence-corrected chi connectivity index (χ4v) is 4.01. The molecule has 0 fully saturated rings. The lowest BCUT2D eigenvalue weighted by molar-refractivity contribution is -0.117. The molecule has 4 rings (SSSR count). The number of nitrogens with one attached hydrogen (secondary N) is 1. The molecule has 8 heteroatoms. The Morgan fingerprint density at radius 3 is 2.42 bits per heavy atom. The Morgan fingerprint density at radius 1 is 1.06 bits per heavy atom. The summed E-state index contributed by atoms with van der Waals surface area (Å²) in [5, 5.41) is 7.78. The average Bonchev–Trinajstić information content (AvgIpc) is 3.49. The molecule has 0 bridgehead atoms. The van der Waals surface area contributed by atoms with Crippen molar-refractivity contribution < 1.29 is 14.0 Å². The number of para-hydroxylation sites is 1. The molecule has 0 atom stereocenters. The molecule has 0 aliphatic rings. The third kappa shape index (κ3) is 5.94. The van der Waals surface area contributed by atoms with Crippen molar-refractivity contribution in [3.05, 3.63) is 100 Å². The number of rotatable bonds is 7. The molecule has 2 heterocycles. The molecule has 2 aromatic carbocycles. The van der Waals surface area contributed by atoms with Gasteiger partial charge in [0.15, 0.2) is 0 Å². The van der Waals surface area contributed by atoms with Gasteiger partial charge >= 0.3 is 0 Å². The molecular formula is C28H29BrN4O3. The molecule has 0 unspecified atom stereocenters. The largest absolute Gasteiger partial charge is 0.467 e. The molecule has 2 aromatic heterocycles. The minimum atomic E-state index is -0.331. The number of benzene rings is 2. The molecule has 186 valence electrons. The molecule has 2 amide bonds. The van der Waals surface area contributed by atoms with Crippen molar-refractivity contribution >= 4 is 33.6 Å². The van der Waals surface area contributed by atoms with E-state index in [1.807, 2.05) is 37.3 Å². The quantitative estimate of drug-likeness (QED) is 0.302. The molecule has 0 spiro atoms. The van der Waals surface area contributed by atoms with Gasteiger partial charge in [0.1, 0.15) is 18.1 Å². The number of carbonyl (C=O) groups excluding carboxylic acids is 2. The highest BCUT2D eigenvalue weighted by atomic mass is 79.9. The SMILES string of the molecule is Cc1ccccc1-n1nc(C(C)(C)C)cc1NC(=O)CN(Cc1ccco1)C(=O)c1ccc(Br)cc1. The van der Waals surface area contributed by atoms with E-state index in [1.165, 1.54) is 4.90 Å². The normalized spacial score (nSPS) is 11.4. The van der Waals surface area contributed by atoms with Gasteiger partial charge in [-0.3, -0.25) is 9.59 Å². The number of furan rings is 1. The fraction of sp³-hybridized carbons (Fsp3) is 0.250. The van der Waals surface area contributed by atoms with Crippen LogP contribution in [0.25, 0.3) is 5.69 Å². The van der Waals surface area contributed by atoms with Gasteiger partial charge in [-0.2, -0.15) is 5.10 Å². The Balaban J connectivity index is 1.61. The summed E-state index contributed by atoms with van der Waals surface area (Å²) in [7, 11) is 0. The second kappa shape index (κ2) is 10.5. The van der Waals surface area contributed by atoms with Crippen LogP contribution in [-0.2, 0) is 16.8 Å². The number of aromatic nitrogens is 2. The minimum Gasteiger partial charge on any atom is -0.467 e. The van der Waals surface area contributed by atoms with E-state index >= 15 is 0 Å². The summed E-state index contributed by atoms with van der Waals surface area (Å²) < 4.78 is 8.07. The molecule has 36 heavy (non-hydrogen) atoms. The zero-order chi connectivity index (χ0) is 25.9. The first kappa shape index (κ1) is 25.4. The van der Waals surface area contributed by atoms with Crippen LogP contribution >= 0.6 is 15.9 Å². The molecule has 0 aliphatic carbocycles. The van der Waals surface area contributed by atoms with E-state index in [9.17, 15) is 9.59 Å². The number of amides is 2. The number of hydrogen-bond acceptors (Lipinski definition) is 4. The zero-order valence-electron chi connectivity index (χ0n) is 20.8. The summed E-state index contributed by atoms with van der Waals surface area (Å²) in [6.45, 7) is 8.24. The smallest absolute Gasteiger partial charge is 0.254 e. The van der Waals surface area contributed by atoms with E-state index in [4.69, 9.17) is 9.52 Å². The van der Waals surface area contributed by atoms with Gasteiger partial charge in [-0.1, -0.05) is 54.9 Å². The number of aryl methyl sites for hydroxylation is 1. The van der Waals surface area contributed by atoms with Crippen molar-refractivity contribution in [3.63, 3.8) is 0 Å². The van der Waals surface area contributed by atoms with Gasteiger partial charge in [0, 0.05) is 21.5 Å². The van der Waals surface area contributed by atoms with Crippen molar-refractivity contribution in [1.82, 2.24) is 14.7 Å². The van der Waals surface area contributed by atoms with Crippen molar-refractivity contribution in [2.24, 2.45) is 0 Å². The molecule has 1 N–H and O–H groups in total. The number of anilines is 1. The first-order chi connectivity index (χ1) is 17.1. The van der Waals surface area contributed by atoms with Crippen LogP contribution in [0.4, 0.5) is 5.82 Å². The first-order valence-electron chi connectivity index (χ1n) is 11.7. The Labute approximate surface area is 219 Å². The van der Waals surface area contributed by atoms with Crippen LogP contribution in [0.3, 0.4) is 0 Å². The zero-order valence-corrected chi connectivity index (χ0v) is 22.4. The highest BCUT2D eigenvalue weighted by molar-refractivity contribution is 9.10. The van der Waals surface area contributed by atoms with Crippen molar-refractivity contribution in [3.8, 4) is 5.69 Å². The Kier molecular flexibility index (Phi) is 7.45. The highest BCUT2D eigenvalue weighted by Crippen LogP contribution is 2.27. The van der Waals surface area contributed by atoms with Crippen LogP contribution in [0.5, 0.6) is 0 Å². The first-order valence-corrected chi connectivity index (χ1v) is 12.4. The van der Waals surface area contributed by atoms with E-state index in [0.29, 0.717) is 17.1 Å². The van der Waals surface area contributed by atoms with Gasteiger partial charge in [-0.05, 0) is 55.0 Å². The minimum absolute atomic E-state index is 0.153. The second-order valence-electron chi connectivity index (χ2n) is 9.66. The predicted molar refractivity (Wildman–Crippen MR) is 143 cm³/mol. The Hall–Kier alpha value is -3.65. The molecule has 7 nitrogen and oxygen atoms in total. The topological polar surface area (TPSA) is 80.4 Å². The summed E-state index contributed by atoms with van der Waals surface area (Å²) in [6.07, 6.45) is 1.55. The average molecular weight is 549 g/mol. The van der Waals surface area contributed by atoms with E-state index in [1.54, 1.807) is 47.3 Å². The summed E-state index contributed by atoms with van der Waals surface area (Å²) in [4.78, 5) is 28.1. The van der Waals surface area contributed by atoms with Crippen molar-refractivity contribution in [1.29, 1.82) is 0 Å². The highest BCUT2D eigenvalue weighted by Gasteiger charge is 2.24. The van der Waals surface area contributed by atoms with E-state index in [-0.39, 0.29) is 30.3 Å². The maximum Gasteiger partial charge on any atom is 0.254 e. The summed E-state index contributed by atoms with van der Waals surface area (Å²) in [5.41, 5.74) is 3.02. The summed E-state index contributed by atoms with van der Waals surface area (Å²) >= 11 is 3.39. The van der Waals surface area contributed by atoms with Gasteiger partial charge in [-0.25, -0.2) is 4.68 Å². The van der Waals surface area contributed by atoms with Crippen LogP contribution in [-0.4, -0.2) is 33.0 Å². The van der Waals surface area contributed by atoms with Crippen molar-refractivity contribution in [2.45, 2.75) is 39.7 Å². The van der Waals surface area contributed by atoms with Gasteiger partial charge in [0.25, 0.3) is 5.91 Å². The lowest BCUT2D eigenvalue weighted by Gasteiger charge is -2.21. The third-order valence-electron chi connectivity index (χ3n) is 5.73. The molecular weight excluding hydrogens is 520 g/mol. The predicted octanol–water partition coefficient (Wildman–Crippen LogP) is 6.11. The Morgan fingerprint density at radius 2 is 1.78 bits per heavy atom. The van der Waals surface area contributed by atoms with E-state index in [0.717, 1.165) is 21.4 Å². The van der Waals surface area contributed by atoms with Gasteiger partial charge in [0.2, 0.25) is 5.91 Å². The molecule has 0 saturated heterocycles. The van der Waals surface area contributed by atoms with Crippen LogP contribution in [0.15, 0.2) is 81.9 Å². The molecule has 0 saturated carbocycles. The number of hydrogen-bond donors (Lipinski definition) is 1. The maximum atomic E-state index is 13.3. The number of nitrogens with zero attached hydrogens (tertiary/aromatic N) is 3. The Bertz CT molecular complexity index is 1350. The molecule has 4 aromatic rings. The lowest BCUT2D eigenvalue weighted by Crippen LogP contribution is -2.37. The number of carbonyl (C=O) groups is 2. The van der Waals surface area contributed by atoms with Gasteiger partial charge in [0.05, 0.1) is 24.2 Å². The van der Waals surface area contributed by atoms with Gasteiger partial charge < -0.3 is 14.6 Å². The van der Waals surface area contributed by atoms with E-state index < -0.39 is 0 Å². The standard InChI is InChI=1S/C28H29BrN4O3/c1-19-8-5-6-10-23(19)33-25(16-24(31-33)28(2,3)4)30-26(34)18-32(17-22-9-7-15-36-22)27(35)20-11-13-21(29)14-12-20/h5-16H,17-18H2,1-4H3,(H,30,34). The molecule has 0 aliphatic heterocycles. The monoisotopic (exact) mass is 548 g/mol. The number of halogens is 1. The van der Waals surface area contributed by atoms with Crippen LogP contribution in [0.1, 0.15) is 48.1 Å². The fourth-order valence-electron chi connectivity index (χ4n) is 3.74. The summed E-state index contributed by atoms with van der Waals surface area (Å²) in [5.74, 6) is 0.542. The van der Waals surface area contributed by atoms with Crippen LogP contribution < -0.4 is 5.32 Å². The summed E-state index contributed by atoms with van der Waals surface area (Å²) in [6, 6.07) is 20.3. The lowest BCUT2D eigenvalue weighted by atomic mass is 9.92. The third-order valence-corrected chi connectivity index (χ3v) is 6.26. The van der Waals surface area contributed by atoms with Crippen LogP contribution in [0.2, 0.25) is 0 Å². The molecule has 0 radical (unpaired) electrons.